The van der Waals surface area contributed by atoms with Gasteiger partial charge in [0.25, 0.3) is 0 Å². The highest BCUT2D eigenvalue weighted by Crippen LogP contribution is 2.09. The van der Waals surface area contributed by atoms with Crippen molar-refractivity contribution >= 4 is 11.9 Å². The maximum atomic E-state index is 12.4. The van der Waals surface area contributed by atoms with Crippen LogP contribution in [-0.2, 0) is 18.4 Å². The Kier molecular flexibility index (Phi) is 5.40. The van der Waals surface area contributed by atoms with E-state index >= 15 is 0 Å². The van der Waals surface area contributed by atoms with Gasteiger partial charge in [-0.1, -0.05) is 44.2 Å². The first kappa shape index (κ1) is 16.6. The lowest BCUT2D eigenvalue weighted by Crippen LogP contribution is -2.45. The quantitative estimate of drug-likeness (QED) is 0.807. The molecule has 0 bridgehead atoms. The van der Waals surface area contributed by atoms with Gasteiger partial charge in [-0.05, 0) is 21.9 Å². The molecule has 1 amide bonds. The summed E-state index contributed by atoms with van der Waals surface area (Å²) in [5, 5.41) is 13.3. The van der Waals surface area contributed by atoms with Crippen LogP contribution in [0.25, 0.3) is 0 Å². The van der Waals surface area contributed by atoms with E-state index in [0.717, 1.165) is 5.56 Å². The van der Waals surface area contributed by atoms with Crippen LogP contribution in [0.15, 0.2) is 30.3 Å². The molecule has 1 N–H and O–H groups in total. The molecule has 0 fully saturated rings. The fraction of sp³-hybridized carbons (Fsp3) is 0.400. The average molecular weight is 317 g/mol. The number of nitrogens with one attached hydrogen (secondary N) is 1. The second kappa shape index (κ2) is 7.48. The molecule has 0 aliphatic heterocycles. The number of aryl methyl sites for hydroxylation is 1. The molecule has 8 nitrogen and oxygen atoms in total. The van der Waals surface area contributed by atoms with Crippen LogP contribution in [0.5, 0.6) is 0 Å². The molecule has 0 unspecified atom stereocenters. The van der Waals surface area contributed by atoms with Crippen LogP contribution in [0, 0.1) is 5.92 Å². The predicted molar refractivity (Wildman–Crippen MR) is 81.5 cm³/mol. The van der Waals surface area contributed by atoms with Crippen molar-refractivity contribution in [3.05, 3.63) is 41.7 Å². The molecule has 2 rings (SSSR count). The van der Waals surface area contributed by atoms with E-state index in [9.17, 15) is 9.59 Å². The summed E-state index contributed by atoms with van der Waals surface area (Å²) in [5.74, 6) is -0.403. The van der Waals surface area contributed by atoms with E-state index in [1.54, 1.807) is 7.05 Å². The number of tetrazole rings is 1. The van der Waals surface area contributed by atoms with Gasteiger partial charge in [-0.2, -0.15) is 0 Å². The minimum Gasteiger partial charge on any atom is -0.445 e. The number of amides is 1. The number of hydrogen-bond donors (Lipinski definition) is 1. The summed E-state index contributed by atoms with van der Waals surface area (Å²) in [5.41, 5.74) is 0.868. The zero-order valence-corrected chi connectivity index (χ0v) is 13.3. The first-order chi connectivity index (χ1) is 11.0. The minimum atomic E-state index is -0.761. The van der Waals surface area contributed by atoms with Gasteiger partial charge in [0, 0.05) is 7.05 Å². The summed E-state index contributed by atoms with van der Waals surface area (Å²) >= 11 is 0. The zero-order valence-electron chi connectivity index (χ0n) is 13.3. The number of ether oxygens (including phenoxy) is 1. The van der Waals surface area contributed by atoms with Crippen molar-refractivity contribution in [2.75, 3.05) is 0 Å². The Morgan fingerprint density at radius 1 is 1.26 bits per heavy atom. The molecule has 1 heterocycles. The van der Waals surface area contributed by atoms with Crippen LogP contribution in [0.4, 0.5) is 4.79 Å². The average Bonchev–Trinajstić information content (AvgIpc) is 2.97. The number of Topliss-reactive ketones (excluding diaryl/α,β-unsaturated/α-hetero) is 1. The lowest BCUT2D eigenvalue weighted by molar-refractivity contribution is 0.0872. The second-order valence-corrected chi connectivity index (χ2v) is 5.42. The number of carbonyl (C=O) groups is 2. The van der Waals surface area contributed by atoms with E-state index in [4.69, 9.17) is 4.74 Å². The highest BCUT2D eigenvalue weighted by molar-refractivity contribution is 5.98. The smallest absolute Gasteiger partial charge is 0.408 e. The molecule has 2 aromatic rings. The molecule has 0 radical (unpaired) electrons. The number of benzene rings is 1. The third-order valence-electron chi connectivity index (χ3n) is 3.28. The lowest BCUT2D eigenvalue weighted by Gasteiger charge is -2.20. The van der Waals surface area contributed by atoms with Gasteiger partial charge >= 0.3 is 6.09 Å². The maximum Gasteiger partial charge on any atom is 0.408 e. The molecule has 0 saturated carbocycles. The van der Waals surface area contributed by atoms with Gasteiger partial charge < -0.3 is 10.1 Å². The van der Waals surface area contributed by atoms with Gasteiger partial charge in [-0.25, -0.2) is 9.48 Å². The molecule has 8 heteroatoms. The summed E-state index contributed by atoms with van der Waals surface area (Å²) in [6.45, 7) is 3.78. The van der Waals surface area contributed by atoms with E-state index in [-0.39, 0.29) is 24.1 Å². The normalized spacial score (nSPS) is 12.0. The standard InChI is InChI=1S/C15H19N5O3/c1-10(2)12(13(21)14-17-18-19-20(14)3)16-15(22)23-9-11-7-5-4-6-8-11/h4-8,10,12H,9H2,1-3H3,(H,16,22)/t12-/m0/s1. The highest BCUT2D eigenvalue weighted by Gasteiger charge is 2.29. The van der Waals surface area contributed by atoms with Crippen molar-refractivity contribution < 1.29 is 14.3 Å². The van der Waals surface area contributed by atoms with E-state index in [0.29, 0.717) is 0 Å². The Hall–Kier alpha value is -2.77. The van der Waals surface area contributed by atoms with Crippen molar-refractivity contribution in [1.82, 2.24) is 25.5 Å². The summed E-state index contributed by atoms with van der Waals surface area (Å²) in [7, 11) is 1.57. The largest absolute Gasteiger partial charge is 0.445 e. The minimum absolute atomic E-state index is 0.0899. The number of alkyl carbamates (subject to hydrolysis) is 1. The molecule has 1 aromatic heterocycles. The Bertz CT molecular complexity index is 669. The van der Waals surface area contributed by atoms with Crippen LogP contribution in [0.3, 0.4) is 0 Å². The lowest BCUT2D eigenvalue weighted by atomic mass is 9.99. The SMILES string of the molecule is CC(C)[C@H](NC(=O)OCc1ccccc1)C(=O)c1nnnn1C. The number of hydrogen-bond acceptors (Lipinski definition) is 6. The first-order valence-corrected chi connectivity index (χ1v) is 7.23. The Morgan fingerprint density at radius 3 is 2.52 bits per heavy atom. The molecule has 23 heavy (non-hydrogen) atoms. The Balaban J connectivity index is 1.98. The number of aromatic nitrogens is 4. The topological polar surface area (TPSA) is 99.0 Å². The zero-order chi connectivity index (χ0) is 16.8. The molecule has 1 aromatic carbocycles. The van der Waals surface area contributed by atoms with Crippen molar-refractivity contribution in [2.24, 2.45) is 13.0 Å². The summed E-state index contributed by atoms with van der Waals surface area (Å²) in [6.07, 6.45) is -0.656. The van der Waals surface area contributed by atoms with E-state index in [2.05, 4.69) is 20.8 Å². The highest BCUT2D eigenvalue weighted by atomic mass is 16.5. The first-order valence-electron chi connectivity index (χ1n) is 7.23. The summed E-state index contributed by atoms with van der Waals surface area (Å²) in [6, 6.07) is 8.54. The van der Waals surface area contributed by atoms with Gasteiger partial charge in [-0.3, -0.25) is 4.79 Å². The summed E-state index contributed by atoms with van der Waals surface area (Å²) < 4.78 is 6.42. The van der Waals surface area contributed by atoms with Crippen LogP contribution in [0.2, 0.25) is 0 Å². The molecule has 1 atom stereocenters. The third kappa shape index (κ3) is 4.35. The number of nitrogens with zero attached hydrogens (tertiary/aromatic N) is 4. The van der Waals surface area contributed by atoms with Crippen molar-refractivity contribution in [2.45, 2.75) is 26.5 Å². The van der Waals surface area contributed by atoms with E-state index < -0.39 is 12.1 Å². The number of ketones is 1. The van der Waals surface area contributed by atoms with Gasteiger partial charge in [0.1, 0.15) is 12.6 Å². The van der Waals surface area contributed by atoms with E-state index in [1.807, 2.05) is 44.2 Å². The van der Waals surface area contributed by atoms with Crippen LogP contribution in [0.1, 0.15) is 30.0 Å². The number of carbonyl (C=O) groups excluding carboxylic acids is 2. The van der Waals surface area contributed by atoms with Crippen molar-refractivity contribution in [3.63, 3.8) is 0 Å². The van der Waals surface area contributed by atoms with Crippen molar-refractivity contribution in [1.29, 1.82) is 0 Å². The van der Waals surface area contributed by atoms with Gasteiger partial charge in [0.2, 0.25) is 11.6 Å². The molecular weight excluding hydrogens is 298 g/mol. The van der Waals surface area contributed by atoms with Gasteiger partial charge in [0.05, 0.1) is 0 Å². The van der Waals surface area contributed by atoms with Crippen LogP contribution >= 0.6 is 0 Å². The third-order valence-corrected chi connectivity index (χ3v) is 3.28. The molecule has 122 valence electrons. The summed E-state index contributed by atoms with van der Waals surface area (Å²) in [4.78, 5) is 24.4. The van der Waals surface area contributed by atoms with Crippen LogP contribution in [-0.4, -0.2) is 38.1 Å². The van der Waals surface area contributed by atoms with Gasteiger partial charge in [0.15, 0.2) is 0 Å². The molecule has 0 saturated heterocycles. The maximum absolute atomic E-state index is 12.4. The fourth-order valence-corrected chi connectivity index (χ4v) is 2.00. The molecule has 0 aliphatic carbocycles. The van der Waals surface area contributed by atoms with E-state index in [1.165, 1.54) is 4.68 Å². The van der Waals surface area contributed by atoms with Crippen LogP contribution < -0.4 is 5.32 Å². The Labute approximate surface area is 133 Å². The molecule has 0 aliphatic rings. The molecule has 0 spiro atoms. The molecular formula is C15H19N5O3. The predicted octanol–water partition coefficient (Wildman–Crippen LogP) is 1.34. The monoisotopic (exact) mass is 317 g/mol. The van der Waals surface area contributed by atoms with Gasteiger partial charge in [-0.15, -0.1) is 5.10 Å². The van der Waals surface area contributed by atoms with Crippen molar-refractivity contribution in [3.8, 4) is 0 Å². The Morgan fingerprint density at radius 2 is 1.96 bits per heavy atom. The fourth-order valence-electron chi connectivity index (χ4n) is 2.00. The second-order valence-electron chi connectivity index (χ2n) is 5.42. The number of rotatable bonds is 6.